The van der Waals surface area contributed by atoms with Gasteiger partial charge in [0, 0.05) is 33.0 Å². The first kappa shape index (κ1) is 17.4. The lowest BCUT2D eigenvalue weighted by atomic mass is 9.72. The molecular weight excluding hydrogens is 280 g/mol. The lowest BCUT2D eigenvalue weighted by molar-refractivity contribution is -0.0548. The molecule has 1 fully saturated rings. The minimum atomic E-state index is 0.220. The van der Waals surface area contributed by atoms with E-state index in [1.54, 1.807) is 14.2 Å². The van der Waals surface area contributed by atoms with Crippen molar-refractivity contribution in [2.75, 3.05) is 28.4 Å². The predicted octanol–water partition coefficient (Wildman–Crippen LogP) is 3.68. The van der Waals surface area contributed by atoms with Gasteiger partial charge < -0.3 is 18.9 Å². The van der Waals surface area contributed by atoms with Crippen LogP contribution in [-0.4, -0.2) is 40.6 Å². The maximum absolute atomic E-state index is 5.81. The number of ether oxygens (including phenoxy) is 4. The maximum Gasteiger partial charge on any atom is 0.0997 e. The van der Waals surface area contributed by atoms with Crippen molar-refractivity contribution in [2.24, 2.45) is 11.8 Å². The van der Waals surface area contributed by atoms with Crippen molar-refractivity contribution in [1.29, 1.82) is 0 Å². The summed E-state index contributed by atoms with van der Waals surface area (Å²) in [5.41, 5.74) is 2.58. The third kappa shape index (κ3) is 3.33. The van der Waals surface area contributed by atoms with Gasteiger partial charge in [0.05, 0.1) is 37.9 Å². The molecule has 0 bridgehead atoms. The van der Waals surface area contributed by atoms with Gasteiger partial charge in [-0.3, -0.25) is 0 Å². The highest BCUT2D eigenvalue weighted by molar-refractivity contribution is 5.31. The van der Waals surface area contributed by atoms with Crippen LogP contribution in [0.15, 0.2) is 22.7 Å². The second-order valence-electron chi connectivity index (χ2n) is 6.52. The highest BCUT2D eigenvalue weighted by Crippen LogP contribution is 2.43. The van der Waals surface area contributed by atoms with Gasteiger partial charge in [0.1, 0.15) is 0 Å². The van der Waals surface area contributed by atoms with E-state index in [0.29, 0.717) is 11.8 Å². The predicted molar refractivity (Wildman–Crippen MR) is 86.5 cm³/mol. The Balaban J connectivity index is 2.29. The molecule has 4 unspecified atom stereocenters. The van der Waals surface area contributed by atoms with Crippen molar-refractivity contribution in [3.05, 3.63) is 22.7 Å². The van der Waals surface area contributed by atoms with E-state index in [-0.39, 0.29) is 12.2 Å². The van der Waals surface area contributed by atoms with E-state index < -0.39 is 0 Å². The smallest absolute Gasteiger partial charge is 0.0997 e. The molecule has 1 saturated carbocycles. The average Bonchev–Trinajstić information content (AvgIpc) is 2.54. The largest absolute Gasteiger partial charge is 0.501 e. The molecule has 22 heavy (non-hydrogen) atoms. The zero-order valence-corrected chi connectivity index (χ0v) is 14.8. The molecule has 0 N–H and O–H groups in total. The summed E-state index contributed by atoms with van der Waals surface area (Å²) in [5.74, 6) is 2.99. The van der Waals surface area contributed by atoms with Gasteiger partial charge >= 0.3 is 0 Å². The van der Waals surface area contributed by atoms with Gasteiger partial charge in [-0.1, -0.05) is 6.92 Å². The minimum absolute atomic E-state index is 0.220. The van der Waals surface area contributed by atoms with Gasteiger partial charge in [-0.25, -0.2) is 0 Å². The highest BCUT2D eigenvalue weighted by Gasteiger charge is 2.39. The van der Waals surface area contributed by atoms with E-state index in [4.69, 9.17) is 18.9 Å². The van der Waals surface area contributed by atoms with Crippen molar-refractivity contribution >= 4 is 0 Å². The van der Waals surface area contributed by atoms with Crippen molar-refractivity contribution in [3.8, 4) is 0 Å². The van der Waals surface area contributed by atoms with Crippen molar-refractivity contribution in [2.45, 2.75) is 51.7 Å². The van der Waals surface area contributed by atoms with Crippen molar-refractivity contribution < 1.29 is 18.9 Å². The summed E-state index contributed by atoms with van der Waals surface area (Å²) < 4.78 is 22.8. The summed E-state index contributed by atoms with van der Waals surface area (Å²) in [4.78, 5) is 0. The molecule has 2 rings (SSSR count). The van der Waals surface area contributed by atoms with Gasteiger partial charge in [0.25, 0.3) is 0 Å². The Bertz CT molecular complexity index is 452. The fraction of sp³-hybridized carbons (Fsp3) is 0.778. The van der Waals surface area contributed by atoms with Crippen molar-refractivity contribution in [1.82, 2.24) is 0 Å². The average molecular weight is 310 g/mol. The molecular formula is C18H30O4. The van der Waals surface area contributed by atoms with Crippen LogP contribution in [0.2, 0.25) is 0 Å². The van der Waals surface area contributed by atoms with Crippen LogP contribution in [0.4, 0.5) is 0 Å². The molecule has 126 valence electrons. The van der Waals surface area contributed by atoms with Gasteiger partial charge in [0.15, 0.2) is 0 Å². The fourth-order valence-corrected chi connectivity index (χ4v) is 3.94. The molecule has 0 amide bonds. The number of hydrogen-bond donors (Lipinski definition) is 0. The molecule has 0 spiro atoms. The Kier molecular flexibility index (Phi) is 5.93. The van der Waals surface area contributed by atoms with Crippen LogP contribution in [0.25, 0.3) is 0 Å². The Hall–Kier alpha value is -1.00. The molecule has 0 saturated heterocycles. The summed E-state index contributed by atoms with van der Waals surface area (Å²) in [6, 6.07) is 0. The van der Waals surface area contributed by atoms with E-state index in [1.165, 1.54) is 11.1 Å². The van der Waals surface area contributed by atoms with Crippen molar-refractivity contribution in [3.63, 3.8) is 0 Å². The Labute approximate surface area is 134 Å². The summed E-state index contributed by atoms with van der Waals surface area (Å²) in [6.07, 6.45) is 4.15. The molecule has 0 heterocycles. The maximum atomic E-state index is 5.81. The molecule has 0 aliphatic heterocycles. The number of hydrogen-bond acceptors (Lipinski definition) is 4. The lowest BCUT2D eigenvalue weighted by Gasteiger charge is -2.41. The van der Waals surface area contributed by atoms with Crippen LogP contribution in [-0.2, 0) is 18.9 Å². The summed E-state index contributed by atoms with van der Waals surface area (Å²) in [5, 5.41) is 0. The first-order valence-corrected chi connectivity index (χ1v) is 8.09. The third-order valence-electron chi connectivity index (χ3n) is 5.33. The zero-order chi connectivity index (χ0) is 16.3. The van der Waals surface area contributed by atoms with E-state index >= 15 is 0 Å². The van der Waals surface area contributed by atoms with E-state index in [2.05, 4.69) is 13.8 Å². The van der Waals surface area contributed by atoms with Gasteiger partial charge in [-0.15, -0.1) is 0 Å². The molecule has 4 heteroatoms. The first-order valence-electron chi connectivity index (χ1n) is 8.09. The number of allylic oxidation sites excluding steroid dienone is 2. The van der Waals surface area contributed by atoms with E-state index in [0.717, 1.165) is 37.2 Å². The van der Waals surface area contributed by atoms with Gasteiger partial charge in [-0.05, 0) is 36.8 Å². The molecule has 0 aromatic heterocycles. The summed E-state index contributed by atoms with van der Waals surface area (Å²) in [7, 11) is 7.14. The van der Waals surface area contributed by atoms with Crippen LogP contribution in [0.3, 0.4) is 0 Å². The zero-order valence-electron chi connectivity index (χ0n) is 14.8. The van der Waals surface area contributed by atoms with E-state index in [1.807, 2.05) is 14.2 Å². The highest BCUT2D eigenvalue weighted by atomic mass is 16.5. The van der Waals surface area contributed by atoms with Crippen LogP contribution >= 0.6 is 0 Å². The molecule has 0 radical (unpaired) electrons. The second-order valence-corrected chi connectivity index (χ2v) is 6.52. The molecule has 2 aliphatic rings. The first-order chi connectivity index (χ1) is 10.5. The monoisotopic (exact) mass is 310 g/mol. The second kappa shape index (κ2) is 7.51. The van der Waals surface area contributed by atoms with Gasteiger partial charge in [0.2, 0.25) is 0 Å². The molecule has 0 aromatic rings. The van der Waals surface area contributed by atoms with Crippen LogP contribution in [0.1, 0.15) is 39.5 Å². The third-order valence-corrected chi connectivity index (χ3v) is 5.33. The van der Waals surface area contributed by atoms with Gasteiger partial charge in [-0.2, -0.15) is 0 Å². The van der Waals surface area contributed by atoms with Crippen LogP contribution < -0.4 is 0 Å². The molecule has 4 nitrogen and oxygen atoms in total. The van der Waals surface area contributed by atoms with Crippen LogP contribution in [0, 0.1) is 11.8 Å². The number of methoxy groups -OCH3 is 4. The summed E-state index contributed by atoms with van der Waals surface area (Å²) in [6.45, 7) is 4.36. The normalized spacial score (nSPS) is 33.2. The Morgan fingerprint density at radius 1 is 0.818 bits per heavy atom. The van der Waals surface area contributed by atoms with Crippen LogP contribution in [0.5, 0.6) is 0 Å². The quantitative estimate of drug-likeness (QED) is 0.776. The minimum Gasteiger partial charge on any atom is -0.501 e. The lowest BCUT2D eigenvalue weighted by Crippen LogP contribution is -2.41. The standard InChI is InChI=1S/C18H30O4/c1-11-7-17(21-5)13(9-15(11)19-3)14-10-16(20-4)12(2)8-18(14)22-6/h11,13,15,17H,7-10H2,1-6H3. The molecule has 2 aliphatic carbocycles. The SMILES string of the molecule is COC1=C(C)CC(OC)=C(C2CC(OC)C(C)CC2OC)C1. The fourth-order valence-electron chi connectivity index (χ4n) is 3.94. The molecule has 0 aromatic carbocycles. The Morgan fingerprint density at radius 2 is 1.45 bits per heavy atom. The Morgan fingerprint density at radius 3 is 2.00 bits per heavy atom. The number of rotatable bonds is 5. The summed E-state index contributed by atoms with van der Waals surface area (Å²) >= 11 is 0. The topological polar surface area (TPSA) is 36.9 Å². The molecule has 4 atom stereocenters. The van der Waals surface area contributed by atoms with E-state index in [9.17, 15) is 0 Å².